The molecule has 0 aliphatic carbocycles. The summed E-state index contributed by atoms with van der Waals surface area (Å²) < 4.78 is 7.03. The van der Waals surface area contributed by atoms with E-state index in [1.54, 1.807) is 0 Å². The van der Waals surface area contributed by atoms with Crippen molar-refractivity contribution >= 4 is 49.6 Å². The lowest BCUT2D eigenvalue weighted by Crippen LogP contribution is -2.11. The first kappa shape index (κ1) is 35.2. The highest BCUT2D eigenvalue weighted by molar-refractivity contribution is 6.07. The fraction of sp³-hybridized carbons (Fsp3) is 0. The van der Waals surface area contributed by atoms with E-state index in [1.165, 1.54) is 38.2 Å². The molecule has 0 unspecified atom stereocenters. The van der Waals surface area contributed by atoms with Gasteiger partial charge in [-0.05, 0) is 103 Å². The number of hydrogen-bond acceptors (Lipinski definition) is 2. The predicted octanol–water partition coefficient (Wildman–Crippen LogP) is 16.5. The Balaban J connectivity index is 1.13. The molecular formula is C58H39NO. The molecule has 11 aromatic rings. The number of hydrogen-bond donors (Lipinski definition) is 0. The van der Waals surface area contributed by atoms with Crippen molar-refractivity contribution in [2.24, 2.45) is 0 Å². The molecule has 60 heavy (non-hydrogen) atoms. The molecule has 0 N–H and O–H groups in total. The number of anilines is 3. The molecule has 1 heterocycles. The Bertz CT molecular complexity index is 3310. The first-order valence-electron chi connectivity index (χ1n) is 20.5. The second-order valence-corrected chi connectivity index (χ2v) is 15.2. The van der Waals surface area contributed by atoms with E-state index in [-0.39, 0.29) is 0 Å². The van der Waals surface area contributed by atoms with E-state index in [9.17, 15) is 0 Å². The summed E-state index contributed by atoms with van der Waals surface area (Å²) in [5.74, 6) is 0.831. The second-order valence-electron chi connectivity index (χ2n) is 15.2. The van der Waals surface area contributed by atoms with E-state index in [1.807, 2.05) is 0 Å². The molecule has 11 rings (SSSR count). The minimum atomic E-state index is 0.831. The largest absolute Gasteiger partial charge is 0.455 e. The number of para-hydroxylation sites is 2. The van der Waals surface area contributed by atoms with Crippen LogP contribution >= 0.6 is 0 Å². The summed E-state index contributed by atoms with van der Waals surface area (Å²) >= 11 is 0. The van der Waals surface area contributed by atoms with Gasteiger partial charge in [-0.15, -0.1) is 0 Å². The van der Waals surface area contributed by atoms with Gasteiger partial charge in [0.25, 0.3) is 0 Å². The van der Waals surface area contributed by atoms with Crippen LogP contribution in [0.3, 0.4) is 0 Å². The fourth-order valence-electron chi connectivity index (χ4n) is 8.92. The number of nitrogens with zero attached hydrogens (tertiary/aromatic N) is 1. The summed E-state index contributed by atoms with van der Waals surface area (Å²) in [5, 5.41) is 6.00. The number of benzene rings is 10. The number of furan rings is 1. The minimum Gasteiger partial charge on any atom is -0.455 e. The summed E-state index contributed by atoms with van der Waals surface area (Å²) in [4.78, 5) is 2.39. The Morgan fingerprint density at radius 3 is 1.53 bits per heavy atom. The van der Waals surface area contributed by atoms with Crippen LogP contribution in [0.1, 0.15) is 0 Å². The van der Waals surface area contributed by atoms with Crippen LogP contribution in [-0.2, 0) is 0 Å². The van der Waals surface area contributed by atoms with Gasteiger partial charge >= 0.3 is 0 Å². The van der Waals surface area contributed by atoms with Crippen LogP contribution in [0, 0.1) is 0 Å². The molecule has 282 valence electrons. The van der Waals surface area contributed by atoms with Gasteiger partial charge in [0, 0.05) is 27.9 Å². The van der Waals surface area contributed by atoms with Crippen LogP contribution < -0.4 is 4.90 Å². The summed E-state index contributed by atoms with van der Waals surface area (Å²) in [7, 11) is 0. The van der Waals surface area contributed by atoms with Crippen molar-refractivity contribution in [2.45, 2.75) is 0 Å². The fourth-order valence-corrected chi connectivity index (χ4v) is 8.92. The van der Waals surface area contributed by atoms with Crippen molar-refractivity contribution in [2.75, 3.05) is 4.90 Å². The van der Waals surface area contributed by atoms with Crippen LogP contribution in [-0.4, -0.2) is 0 Å². The third kappa shape index (κ3) is 6.23. The van der Waals surface area contributed by atoms with Crippen LogP contribution in [0.15, 0.2) is 241 Å². The number of fused-ring (bicyclic) bond motifs is 3. The Kier molecular flexibility index (Phi) is 8.87. The first-order valence-corrected chi connectivity index (χ1v) is 20.5. The maximum absolute atomic E-state index is 7.03. The highest BCUT2D eigenvalue weighted by Gasteiger charge is 2.25. The molecule has 0 saturated heterocycles. The van der Waals surface area contributed by atoms with Crippen LogP contribution in [0.2, 0.25) is 0 Å². The molecule has 0 fully saturated rings. The van der Waals surface area contributed by atoms with Crippen LogP contribution in [0.25, 0.3) is 88.3 Å². The monoisotopic (exact) mass is 765 g/mol. The third-order valence-corrected chi connectivity index (χ3v) is 11.7. The van der Waals surface area contributed by atoms with Gasteiger partial charge in [0.2, 0.25) is 0 Å². The van der Waals surface area contributed by atoms with E-state index in [0.717, 1.165) is 67.2 Å². The maximum atomic E-state index is 7.03. The zero-order chi connectivity index (χ0) is 39.8. The summed E-state index contributed by atoms with van der Waals surface area (Å²) in [6.45, 7) is 0. The average Bonchev–Trinajstić information content (AvgIpc) is 3.71. The van der Waals surface area contributed by atoms with E-state index < -0.39 is 0 Å². The summed E-state index contributed by atoms with van der Waals surface area (Å²) in [5.41, 5.74) is 14.2. The molecule has 0 atom stereocenters. The lowest BCUT2D eigenvalue weighted by molar-refractivity contribution is 0.632. The molecular weight excluding hydrogens is 727 g/mol. The summed E-state index contributed by atoms with van der Waals surface area (Å²) in [6, 6.07) is 84.7. The van der Waals surface area contributed by atoms with Gasteiger partial charge in [-0.3, -0.25) is 0 Å². The average molecular weight is 766 g/mol. The highest BCUT2D eigenvalue weighted by atomic mass is 16.3. The SMILES string of the molecule is c1ccc(-c2ccccc2-c2c(-c3ccccc3N(c3ccc(-c4cccc5ccccc45)cc3)c3cccc(-c4cccc5ccccc45)c3)oc3ccccc23)cc1. The van der Waals surface area contributed by atoms with E-state index >= 15 is 0 Å². The van der Waals surface area contributed by atoms with Crippen molar-refractivity contribution < 1.29 is 4.42 Å². The third-order valence-electron chi connectivity index (χ3n) is 11.7. The Labute approximate surface area is 349 Å². The zero-order valence-electron chi connectivity index (χ0n) is 32.9. The van der Waals surface area contributed by atoms with Gasteiger partial charge in [-0.1, -0.05) is 194 Å². The molecule has 2 nitrogen and oxygen atoms in total. The van der Waals surface area contributed by atoms with Gasteiger partial charge in [-0.25, -0.2) is 0 Å². The molecule has 0 radical (unpaired) electrons. The molecule has 0 bridgehead atoms. The maximum Gasteiger partial charge on any atom is 0.145 e. The van der Waals surface area contributed by atoms with Gasteiger partial charge in [0.15, 0.2) is 0 Å². The van der Waals surface area contributed by atoms with Crippen molar-refractivity contribution in [1.29, 1.82) is 0 Å². The molecule has 0 aliphatic heterocycles. The van der Waals surface area contributed by atoms with Crippen molar-refractivity contribution in [3.8, 4) is 55.8 Å². The summed E-state index contributed by atoms with van der Waals surface area (Å²) in [6.07, 6.45) is 0. The Morgan fingerprint density at radius 1 is 0.300 bits per heavy atom. The molecule has 0 saturated carbocycles. The number of rotatable bonds is 8. The molecule has 2 heteroatoms. The van der Waals surface area contributed by atoms with Gasteiger partial charge < -0.3 is 9.32 Å². The molecule has 1 aromatic heterocycles. The molecule has 0 spiro atoms. The lowest BCUT2D eigenvalue weighted by atomic mass is 9.91. The standard InChI is InChI=1S/C58H39NO/c1-2-17-40(18-3-1)50-27-8-9-28-52(50)57-54-30-11-13-34-56(54)60-58(57)53-29-10-12-33-55(53)59(45-37-35-43(36-38-45)49-31-15-21-41-19-4-6-25-47(41)49)46-24-14-23-44(39-46)51-32-16-22-42-20-5-7-26-48(42)51/h1-39H. The predicted molar refractivity (Wildman–Crippen MR) is 253 cm³/mol. The minimum absolute atomic E-state index is 0.831. The quantitative estimate of drug-likeness (QED) is 0.153. The van der Waals surface area contributed by atoms with Gasteiger partial charge in [0.05, 0.1) is 5.69 Å². The topological polar surface area (TPSA) is 16.4 Å². The zero-order valence-corrected chi connectivity index (χ0v) is 32.9. The molecule has 10 aromatic carbocycles. The second kappa shape index (κ2) is 15.1. The molecule has 0 amide bonds. The van der Waals surface area contributed by atoms with Gasteiger partial charge in [0.1, 0.15) is 11.3 Å². The Morgan fingerprint density at radius 2 is 0.800 bits per heavy atom. The molecule has 0 aliphatic rings. The van der Waals surface area contributed by atoms with Crippen LogP contribution in [0.4, 0.5) is 17.1 Å². The Hall–Kier alpha value is -7.94. The van der Waals surface area contributed by atoms with Crippen LogP contribution in [0.5, 0.6) is 0 Å². The van der Waals surface area contributed by atoms with Gasteiger partial charge in [-0.2, -0.15) is 0 Å². The first-order chi connectivity index (χ1) is 29.8. The van der Waals surface area contributed by atoms with Crippen molar-refractivity contribution in [3.05, 3.63) is 237 Å². The van der Waals surface area contributed by atoms with Crippen molar-refractivity contribution in [3.63, 3.8) is 0 Å². The van der Waals surface area contributed by atoms with Crippen molar-refractivity contribution in [1.82, 2.24) is 0 Å². The van der Waals surface area contributed by atoms with E-state index in [2.05, 4.69) is 241 Å². The van der Waals surface area contributed by atoms with E-state index in [0.29, 0.717) is 0 Å². The lowest BCUT2D eigenvalue weighted by Gasteiger charge is -2.28. The van der Waals surface area contributed by atoms with E-state index in [4.69, 9.17) is 4.42 Å². The smallest absolute Gasteiger partial charge is 0.145 e. The normalized spacial score (nSPS) is 11.3. The highest BCUT2D eigenvalue weighted by Crippen LogP contribution is 2.49.